The van der Waals surface area contributed by atoms with Crippen LogP contribution in [0.5, 0.6) is 0 Å². The van der Waals surface area contributed by atoms with Crippen LogP contribution in [0.15, 0.2) is 11.1 Å². The Morgan fingerprint density at radius 1 is 0.906 bits per heavy atom. The summed E-state index contributed by atoms with van der Waals surface area (Å²) in [4.78, 5) is 0. The van der Waals surface area contributed by atoms with Crippen molar-refractivity contribution in [3.8, 4) is 0 Å². The molecule has 0 aliphatic heterocycles. The van der Waals surface area contributed by atoms with Gasteiger partial charge in [0.05, 0.1) is 6.10 Å². The molecule has 0 aromatic carbocycles. The normalized spacial score (nSPS) is 45.9. The molecule has 32 heavy (non-hydrogen) atoms. The molecule has 0 saturated heterocycles. The first-order chi connectivity index (χ1) is 15.0. The van der Waals surface area contributed by atoms with Crippen molar-refractivity contribution in [2.45, 2.75) is 132 Å². The van der Waals surface area contributed by atoms with Gasteiger partial charge in [0.1, 0.15) is 0 Å². The third-order valence-corrected chi connectivity index (χ3v) is 12.5. The summed E-state index contributed by atoms with van der Waals surface area (Å²) >= 11 is 0. The van der Waals surface area contributed by atoms with Crippen molar-refractivity contribution >= 4 is 0 Å². The van der Waals surface area contributed by atoms with E-state index in [1.807, 2.05) is 11.1 Å². The topological polar surface area (TPSA) is 20.2 Å². The van der Waals surface area contributed by atoms with Crippen LogP contribution >= 0.6 is 0 Å². The van der Waals surface area contributed by atoms with Gasteiger partial charge in [-0.2, -0.15) is 0 Å². The highest BCUT2D eigenvalue weighted by molar-refractivity contribution is 5.38. The van der Waals surface area contributed by atoms with Crippen LogP contribution in [0.4, 0.5) is 0 Å². The van der Waals surface area contributed by atoms with E-state index in [1.54, 1.807) is 0 Å². The molecule has 0 bridgehead atoms. The van der Waals surface area contributed by atoms with Crippen molar-refractivity contribution in [2.75, 3.05) is 0 Å². The fraction of sp³-hybridized carbons (Fsp3) is 0.935. The molecule has 1 N–H and O–H groups in total. The molecule has 0 aromatic rings. The lowest BCUT2D eigenvalue weighted by molar-refractivity contribution is -0.0414. The molecular formula is C31H54O. The first-order valence-corrected chi connectivity index (χ1v) is 14.4. The summed E-state index contributed by atoms with van der Waals surface area (Å²) in [6, 6.07) is 0. The summed E-state index contributed by atoms with van der Waals surface area (Å²) in [6.07, 6.45) is 14.5. The summed E-state index contributed by atoms with van der Waals surface area (Å²) in [5.74, 6) is 4.63. The largest absolute Gasteiger partial charge is 0.393 e. The van der Waals surface area contributed by atoms with Crippen molar-refractivity contribution < 1.29 is 5.11 Å². The van der Waals surface area contributed by atoms with Crippen LogP contribution in [0, 0.1) is 51.8 Å². The Morgan fingerprint density at radius 3 is 2.28 bits per heavy atom. The molecule has 0 radical (unpaired) electrons. The molecule has 1 heteroatoms. The van der Waals surface area contributed by atoms with Crippen LogP contribution in [0.2, 0.25) is 0 Å². The Balaban J connectivity index is 1.58. The van der Waals surface area contributed by atoms with Crippen molar-refractivity contribution in [3.63, 3.8) is 0 Å². The van der Waals surface area contributed by atoms with E-state index in [0.717, 1.165) is 30.1 Å². The average Bonchev–Trinajstić information content (AvgIpc) is 3.02. The molecule has 4 aliphatic rings. The molecule has 0 amide bonds. The van der Waals surface area contributed by atoms with Crippen LogP contribution in [-0.2, 0) is 0 Å². The van der Waals surface area contributed by atoms with Gasteiger partial charge >= 0.3 is 0 Å². The van der Waals surface area contributed by atoms with E-state index in [1.165, 1.54) is 64.2 Å². The molecule has 1 unspecified atom stereocenters. The molecule has 1 nitrogen and oxygen atoms in total. The van der Waals surface area contributed by atoms with Crippen LogP contribution in [0.25, 0.3) is 0 Å². The van der Waals surface area contributed by atoms with E-state index in [4.69, 9.17) is 0 Å². The summed E-state index contributed by atoms with van der Waals surface area (Å²) < 4.78 is 0. The zero-order valence-electron chi connectivity index (χ0n) is 22.8. The van der Waals surface area contributed by atoms with Crippen LogP contribution < -0.4 is 0 Å². The van der Waals surface area contributed by atoms with Gasteiger partial charge in [0, 0.05) is 0 Å². The minimum Gasteiger partial charge on any atom is -0.393 e. The predicted molar refractivity (Wildman–Crippen MR) is 137 cm³/mol. The van der Waals surface area contributed by atoms with Crippen LogP contribution in [0.3, 0.4) is 0 Å². The second-order valence-electron chi connectivity index (χ2n) is 13.8. The summed E-state index contributed by atoms with van der Waals surface area (Å²) in [5.41, 5.74) is 5.01. The van der Waals surface area contributed by atoms with Gasteiger partial charge in [-0.1, -0.05) is 79.4 Å². The maximum Gasteiger partial charge on any atom is 0.0569 e. The third-order valence-electron chi connectivity index (χ3n) is 12.5. The smallest absolute Gasteiger partial charge is 0.0569 e. The van der Waals surface area contributed by atoms with Gasteiger partial charge < -0.3 is 5.11 Å². The molecule has 2 fully saturated rings. The highest BCUT2D eigenvalue weighted by atomic mass is 16.3. The fourth-order valence-electron chi connectivity index (χ4n) is 9.94. The number of aliphatic hydroxyl groups excluding tert-OH is 1. The van der Waals surface area contributed by atoms with Gasteiger partial charge in [-0.15, -0.1) is 0 Å². The highest BCUT2D eigenvalue weighted by Crippen LogP contribution is 2.71. The van der Waals surface area contributed by atoms with Crippen LogP contribution in [0.1, 0.15) is 126 Å². The molecule has 4 rings (SSSR count). The minimum absolute atomic E-state index is 0.0748. The molecule has 0 heterocycles. The second kappa shape index (κ2) is 8.73. The number of aliphatic hydroxyl groups is 1. The van der Waals surface area contributed by atoms with Gasteiger partial charge in [-0.25, -0.2) is 0 Å². The van der Waals surface area contributed by atoms with Crippen molar-refractivity contribution in [3.05, 3.63) is 11.1 Å². The molecule has 184 valence electrons. The van der Waals surface area contributed by atoms with Crippen LogP contribution in [-0.4, -0.2) is 11.2 Å². The number of allylic oxidation sites excluding steroid dienone is 2. The lowest BCUT2D eigenvalue weighted by atomic mass is 9.45. The van der Waals surface area contributed by atoms with Gasteiger partial charge in [0.25, 0.3) is 0 Å². The first-order valence-electron chi connectivity index (χ1n) is 14.4. The Labute approximate surface area is 200 Å². The van der Waals surface area contributed by atoms with Gasteiger partial charge in [-0.05, 0) is 110 Å². The second-order valence-corrected chi connectivity index (χ2v) is 13.8. The van der Waals surface area contributed by atoms with E-state index >= 15 is 0 Å². The van der Waals surface area contributed by atoms with Crippen molar-refractivity contribution in [1.82, 2.24) is 0 Å². The van der Waals surface area contributed by atoms with Gasteiger partial charge in [-0.3, -0.25) is 0 Å². The maximum absolute atomic E-state index is 10.6. The molecule has 9 atom stereocenters. The van der Waals surface area contributed by atoms with Crippen molar-refractivity contribution in [1.29, 1.82) is 0 Å². The summed E-state index contributed by atoms with van der Waals surface area (Å²) in [7, 11) is 0. The Kier molecular flexibility index (Phi) is 6.77. The van der Waals surface area contributed by atoms with E-state index in [0.29, 0.717) is 28.1 Å². The Morgan fingerprint density at radius 2 is 1.62 bits per heavy atom. The summed E-state index contributed by atoms with van der Waals surface area (Å²) in [6.45, 7) is 20.1. The average molecular weight is 443 g/mol. The zero-order chi connectivity index (χ0) is 23.5. The SMILES string of the molecule is CCC(CC[C@@H](C)[C@H]1CC[C@@]2(C)C3=C(CC[C@]12C)[C@@]1(C)CC[C@H](O)[C@@H](C)[C@@H]1CC3)C(C)C. The monoisotopic (exact) mass is 442 g/mol. The number of hydrogen-bond acceptors (Lipinski definition) is 1. The van der Waals surface area contributed by atoms with E-state index < -0.39 is 0 Å². The standard InChI is InChI=1S/C31H54O/c1-9-23(20(2)3)11-10-21(4)24-14-18-31(8)27-13-12-25-22(5)28(32)16-17-29(25,6)26(27)15-19-30(24,31)7/h20-25,28,32H,9-19H2,1-8H3/t21-,22+,23?,24-,25+,28+,29+,30-,31+/m1/s1. The third kappa shape index (κ3) is 3.58. The highest BCUT2D eigenvalue weighted by Gasteiger charge is 2.62. The summed E-state index contributed by atoms with van der Waals surface area (Å²) in [5, 5.41) is 10.6. The molecule has 4 aliphatic carbocycles. The number of hydrogen-bond donors (Lipinski definition) is 1. The number of rotatable bonds is 6. The van der Waals surface area contributed by atoms with E-state index in [2.05, 4.69) is 55.4 Å². The molecule has 2 saturated carbocycles. The molecule has 0 spiro atoms. The first kappa shape index (κ1) is 24.8. The Bertz CT molecular complexity index is 720. The van der Waals surface area contributed by atoms with Crippen molar-refractivity contribution in [2.24, 2.45) is 51.8 Å². The van der Waals surface area contributed by atoms with Gasteiger partial charge in [0.15, 0.2) is 0 Å². The van der Waals surface area contributed by atoms with E-state index in [9.17, 15) is 5.11 Å². The van der Waals surface area contributed by atoms with Gasteiger partial charge in [0.2, 0.25) is 0 Å². The predicted octanol–water partition coefficient (Wildman–Crippen LogP) is 8.81. The number of fused-ring (bicyclic) bond motifs is 4. The molecule has 0 aromatic heterocycles. The lowest BCUT2D eigenvalue weighted by Crippen LogP contribution is -2.51. The Hall–Kier alpha value is -0.300. The zero-order valence-corrected chi connectivity index (χ0v) is 22.8. The quantitative estimate of drug-likeness (QED) is 0.407. The van der Waals surface area contributed by atoms with E-state index in [-0.39, 0.29) is 6.10 Å². The minimum atomic E-state index is -0.0748. The molecular weight excluding hydrogens is 388 g/mol. The lowest BCUT2D eigenvalue weighted by Gasteiger charge is -2.60. The fourth-order valence-corrected chi connectivity index (χ4v) is 9.94. The maximum atomic E-state index is 10.6.